The molecule has 6 nitrogen and oxygen atoms in total. The van der Waals surface area contributed by atoms with Crippen molar-refractivity contribution in [3.63, 3.8) is 0 Å². The molecule has 96 valence electrons. The van der Waals surface area contributed by atoms with Gasteiger partial charge in [0.1, 0.15) is 24.0 Å². The summed E-state index contributed by atoms with van der Waals surface area (Å²) >= 11 is 0. The maximum atomic E-state index is 5.63. The highest BCUT2D eigenvalue weighted by Crippen LogP contribution is 2.22. The molecule has 0 spiro atoms. The molecule has 18 heavy (non-hydrogen) atoms. The number of nitrogens with two attached hydrogens (primary N) is 1. The summed E-state index contributed by atoms with van der Waals surface area (Å²) in [6.07, 6.45) is 2.32. The van der Waals surface area contributed by atoms with E-state index in [1.807, 2.05) is 26.0 Å². The lowest BCUT2D eigenvalue weighted by atomic mass is 10.3. The topological polar surface area (TPSA) is 86.2 Å². The first kappa shape index (κ1) is 12.4. The van der Waals surface area contributed by atoms with Crippen molar-refractivity contribution < 1.29 is 9.15 Å². The summed E-state index contributed by atoms with van der Waals surface area (Å²) in [4.78, 5) is 8.59. The molecule has 0 amide bonds. The van der Waals surface area contributed by atoms with Crippen LogP contribution in [0.4, 0.5) is 5.82 Å². The first-order valence-corrected chi connectivity index (χ1v) is 5.74. The fourth-order valence-electron chi connectivity index (χ4n) is 1.51. The predicted molar refractivity (Wildman–Crippen MR) is 67.0 cm³/mol. The molecule has 0 unspecified atom stereocenters. The van der Waals surface area contributed by atoms with Crippen LogP contribution >= 0.6 is 0 Å². The Labute approximate surface area is 105 Å². The Hall–Kier alpha value is -2.08. The highest BCUT2D eigenvalue weighted by atomic mass is 16.5. The molecule has 0 bridgehead atoms. The van der Waals surface area contributed by atoms with Gasteiger partial charge in [0.25, 0.3) is 0 Å². The Morgan fingerprint density at radius 2 is 2.28 bits per heavy atom. The van der Waals surface area contributed by atoms with Gasteiger partial charge in [0.15, 0.2) is 0 Å². The van der Waals surface area contributed by atoms with Crippen LogP contribution in [0, 0.1) is 6.92 Å². The fraction of sp³-hybridized carbons (Fsp3) is 0.333. The molecular weight excluding hydrogens is 232 g/mol. The molecule has 0 atom stereocenters. The quantitative estimate of drug-likeness (QED) is 0.620. The van der Waals surface area contributed by atoms with Gasteiger partial charge in [-0.25, -0.2) is 10.8 Å². The van der Waals surface area contributed by atoms with Crippen LogP contribution in [0.2, 0.25) is 0 Å². The molecule has 2 rings (SSSR count). The van der Waals surface area contributed by atoms with E-state index in [0.717, 1.165) is 11.3 Å². The van der Waals surface area contributed by atoms with Gasteiger partial charge in [-0.3, -0.25) is 0 Å². The van der Waals surface area contributed by atoms with Crippen LogP contribution in [0.3, 0.4) is 0 Å². The minimum absolute atomic E-state index is 0.331. The summed E-state index contributed by atoms with van der Waals surface area (Å²) < 4.78 is 10.8. The zero-order valence-corrected chi connectivity index (χ0v) is 10.4. The zero-order valence-electron chi connectivity index (χ0n) is 10.4. The first-order chi connectivity index (χ1) is 8.74. The van der Waals surface area contributed by atoms with Gasteiger partial charge >= 0.3 is 0 Å². The summed E-state index contributed by atoms with van der Waals surface area (Å²) in [7, 11) is 0. The molecule has 0 saturated heterocycles. The predicted octanol–water partition coefficient (Wildman–Crippen LogP) is 1.81. The SMILES string of the molecule is CCc1nc(NN)c(C)c(OCc2ccco2)n1. The maximum absolute atomic E-state index is 5.63. The fourth-order valence-corrected chi connectivity index (χ4v) is 1.51. The molecule has 2 heterocycles. The number of nitrogens with zero attached hydrogens (tertiary/aromatic N) is 2. The van der Waals surface area contributed by atoms with Crippen LogP contribution in [0.1, 0.15) is 24.1 Å². The van der Waals surface area contributed by atoms with E-state index in [0.29, 0.717) is 30.5 Å². The van der Waals surface area contributed by atoms with Gasteiger partial charge < -0.3 is 14.6 Å². The number of ether oxygens (including phenoxy) is 1. The van der Waals surface area contributed by atoms with Crippen molar-refractivity contribution in [2.45, 2.75) is 26.9 Å². The molecule has 0 aliphatic heterocycles. The number of furan rings is 1. The van der Waals surface area contributed by atoms with Crippen molar-refractivity contribution >= 4 is 5.82 Å². The molecular formula is C12H16N4O2. The summed E-state index contributed by atoms with van der Waals surface area (Å²) in [6.45, 7) is 4.16. The van der Waals surface area contributed by atoms with Crippen LogP contribution in [-0.4, -0.2) is 9.97 Å². The van der Waals surface area contributed by atoms with Crippen molar-refractivity contribution in [3.8, 4) is 5.88 Å². The normalized spacial score (nSPS) is 10.4. The Morgan fingerprint density at radius 1 is 1.44 bits per heavy atom. The monoisotopic (exact) mass is 248 g/mol. The highest BCUT2D eigenvalue weighted by Gasteiger charge is 2.11. The van der Waals surface area contributed by atoms with Gasteiger partial charge in [0, 0.05) is 6.42 Å². The number of nitrogen functional groups attached to an aromatic ring is 1. The third kappa shape index (κ3) is 2.60. The van der Waals surface area contributed by atoms with Crippen molar-refractivity contribution in [2.75, 3.05) is 5.43 Å². The summed E-state index contributed by atoms with van der Waals surface area (Å²) in [5.74, 6) is 7.95. The molecule has 0 radical (unpaired) electrons. The van der Waals surface area contributed by atoms with E-state index in [2.05, 4.69) is 15.4 Å². The standard InChI is InChI=1S/C12H16N4O2/c1-3-10-14-11(16-13)8(2)12(15-10)18-7-9-5-4-6-17-9/h4-6H,3,7,13H2,1-2H3,(H,14,15,16). The van der Waals surface area contributed by atoms with Crippen molar-refractivity contribution in [3.05, 3.63) is 35.5 Å². The summed E-state index contributed by atoms with van der Waals surface area (Å²) in [6, 6.07) is 3.66. The van der Waals surface area contributed by atoms with E-state index in [9.17, 15) is 0 Å². The Kier molecular flexibility index (Phi) is 3.78. The number of aryl methyl sites for hydroxylation is 1. The lowest BCUT2D eigenvalue weighted by Gasteiger charge is -2.11. The molecule has 0 aromatic carbocycles. The highest BCUT2D eigenvalue weighted by molar-refractivity contribution is 5.47. The molecule has 0 aliphatic rings. The molecule has 0 saturated carbocycles. The smallest absolute Gasteiger partial charge is 0.222 e. The van der Waals surface area contributed by atoms with E-state index < -0.39 is 0 Å². The summed E-state index contributed by atoms with van der Waals surface area (Å²) in [5.41, 5.74) is 3.33. The van der Waals surface area contributed by atoms with E-state index in [1.165, 1.54) is 0 Å². The van der Waals surface area contributed by atoms with Gasteiger partial charge in [0.2, 0.25) is 5.88 Å². The number of anilines is 1. The van der Waals surface area contributed by atoms with Gasteiger partial charge in [0.05, 0.1) is 11.8 Å². The lowest BCUT2D eigenvalue weighted by Crippen LogP contribution is -2.13. The Balaban J connectivity index is 2.20. The van der Waals surface area contributed by atoms with E-state index in [1.54, 1.807) is 6.26 Å². The second kappa shape index (κ2) is 5.50. The third-order valence-electron chi connectivity index (χ3n) is 2.53. The molecule has 6 heteroatoms. The number of nitrogens with one attached hydrogen (secondary N) is 1. The van der Waals surface area contributed by atoms with Gasteiger partial charge in [-0.1, -0.05) is 6.92 Å². The van der Waals surface area contributed by atoms with Gasteiger partial charge in [-0.05, 0) is 19.1 Å². The van der Waals surface area contributed by atoms with Crippen molar-refractivity contribution in [2.24, 2.45) is 5.84 Å². The average Bonchev–Trinajstić information content (AvgIpc) is 2.90. The summed E-state index contributed by atoms with van der Waals surface area (Å²) in [5, 5.41) is 0. The minimum atomic E-state index is 0.331. The molecule has 2 aromatic rings. The van der Waals surface area contributed by atoms with Crippen LogP contribution in [-0.2, 0) is 13.0 Å². The maximum Gasteiger partial charge on any atom is 0.222 e. The van der Waals surface area contributed by atoms with Crippen LogP contribution in [0.5, 0.6) is 5.88 Å². The number of hydrazine groups is 1. The second-order valence-electron chi connectivity index (χ2n) is 3.78. The third-order valence-corrected chi connectivity index (χ3v) is 2.53. The van der Waals surface area contributed by atoms with Crippen molar-refractivity contribution in [1.29, 1.82) is 0 Å². The lowest BCUT2D eigenvalue weighted by molar-refractivity contribution is 0.258. The number of aromatic nitrogens is 2. The zero-order chi connectivity index (χ0) is 13.0. The second-order valence-corrected chi connectivity index (χ2v) is 3.78. The van der Waals surface area contributed by atoms with Crippen molar-refractivity contribution in [1.82, 2.24) is 9.97 Å². The number of hydrogen-bond acceptors (Lipinski definition) is 6. The molecule has 0 fully saturated rings. The van der Waals surface area contributed by atoms with E-state index in [4.69, 9.17) is 15.0 Å². The molecule has 3 N–H and O–H groups in total. The molecule has 2 aromatic heterocycles. The Bertz CT molecular complexity index is 511. The Morgan fingerprint density at radius 3 is 2.89 bits per heavy atom. The number of hydrogen-bond donors (Lipinski definition) is 2. The van der Waals surface area contributed by atoms with Gasteiger partial charge in [-0.2, -0.15) is 4.98 Å². The van der Waals surface area contributed by atoms with E-state index in [-0.39, 0.29) is 0 Å². The van der Waals surface area contributed by atoms with Crippen LogP contribution in [0.15, 0.2) is 22.8 Å². The first-order valence-electron chi connectivity index (χ1n) is 5.74. The molecule has 0 aliphatic carbocycles. The van der Waals surface area contributed by atoms with Crippen LogP contribution in [0.25, 0.3) is 0 Å². The average molecular weight is 248 g/mol. The number of rotatable bonds is 5. The van der Waals surface area contributed by atoms with Gasteiger partial charge in [-0.15, -0.1) is 0 Å². The largest absolute Gasteiger partial charge is 0.469 e. The van der Waals surface area contributed by atoms with E-state index >= 15 is 0 Å². The van der Waals surface area contributed by atoms with Crippen LogP contribution < -0.4 is 16.0 Å². The minimum Gasteiger partial charge on any atom is -0.469 e.